The molecule has 3 heterocycles. The monoisotopic (exact) mass is 380 g/mol. The third-order valence-corrected chi connectivity index (χ3v) is 6.28. The topological polar surface area (TPSA) is 83.1 Å². The van der Waals surface area contributed by atoms with Crippen molar-refractivity contribution >= 4 is 23.4 Å². The van der Waals surface area contributed by atoms with Gasteiger partial charge in [-0.25, -0.2) is 4.39 Å². The molecule has 2 aromatic carbocycles. The van der Waals surface area contributed by atoms with Gasteiger partial charge in [-0.15, -0.1) is 0 Å². The fraction of sp³-hybridized carbons (Fsp3) is 0.286. The number of halogens is 1. The standard InChI is InChI=1S/C21H18FN3O3/c1-11-16-17(21(24-11)14-4-2-3-5-15(14)23-20(21)28)19(27)25(18(16)26)10-12-6-8-13(22)9-7-12/h2-9,11,16-17,24H,10H2,1H3,(H,23,28)/p+1/t11-,16+,17-,21-/m0/s1. The molecule has 3 aliphatic rings. The van der Waals surface area contributed by atoms with Crippen LogP contribution in [-0.2, 0) is 26.5 Å². The van der Waals surface area contributed by atoms with Gasteiger partial charge in [0, 0.05) is 5.56 Å². The van der Waals surface area contributed by atoms with E-state index < -0.39 is 17.4 Å². The Bertz CT molecular complexity index is 1020. The van der Waals surface area contributed by atoms with E-state index in [2.05, 4.69) is 5.32 Å². The maximum Gasteiger partial charge on any atom is 0.291 e. The van der Waals surface area contributed by atoms with Gasteiger partial charge in [0.05, 0.1) is 18.3 Å². The zero-order valence-electron chi connectivity index (χ0n) is 15.2. The number of imide groups is 1. The second-order valence-electron chi connectivity index (χ2n) is 7.79. The quantitative estimate of drug-likeness (QED) is 0.754. The molecule has 3 amide bonds. The molecule has 4 atom stereocenters. The molecule has 3 N–H and O–H groups in total. The first kappa shape index (κ1) is 17.1. The van der Waals surface area contributed by atoms with Crippen LogP contribution >= 0.6 is 0 Å². The number of nitrogens with two attached hydrogens (primary N) is 1. The number of amides is 3. The predicted octanol–water partition coefficient (Wildman–Crippen LogP) is 0.740. The van der Waals surface area contributed by atoms with Gasteiger partial charge in [0.2, 0.25) is 17.4 Å². The predicted molar refractivity (Wildman–Crippen MR) is 97.1 cm³/mol. The Kier molecular flexibility index (Phi) is 3.49. The number of rotatable bonds is 2. The molecule has 6 nitrogen and oxygen atoms in total. The summed E-state index contributed by atoms with van der Waals surface area (Å²) >= 11 is 0. The summed E-state index contributed by atoms with van der Waals surface area (Å²) in [4.78, 5) is 40.7. The van der Waals surface area contributed by atoms with E-state index in [0.29, 0.717) is 11.3 Å². The Hall–Kier alpha value is -3.06. The molecule has 28 heavy (non-hydrogen) atoms. The number of para-hydroxylation sites is 1. The Morgan fingerprint density at radius 2 is 1.79 bits per heavy atom. The van der Waals surface area contributed by atoms with Crippen LogP contribution in [0.4, 0.5) is 10.1 Å². The molecule has 0 bridgehead atoms. The molecule has 1 spiro atoms. The zero-order chi connectivity index (χ0) is 19.6. The number of fused-ring (bicyclic) bond motifs is 4. The Labute approximate surface area is 160 Å². The number of hydrogen-bond donors (Lipinski definition) is 2. The molecule has 3 aliphatic heterocycles. The lowest BCUT2D eigenvalue weighted by Gasteiger charge is -2.25. The van der Waals surface area contributed by atoms with Crippen molar-refractivity contribution in [1.29, 1.82) is 0 Å². The lowest BCUT2D eigenvalue weighted by molar-refractivity contribution is -0.730. The van der Waals surface area contributed by atoms with Crippen LogP contribution < -0.4 is 10.6 Å². The van der Waals surface area contributed by atoms with E-state index in [1.165, 1.54) is 17.0 Å². The summed E-state index contributed by atoms with van der Waals surface area (Å²) in [6, 6.07) is 12.8. The number of hydrogen-bond acceptors (Lipinski definition) is 3. The van der Waals surface area contributed by atoms with Gasteiger partial charge in [-0.1, -0.05) is 30.3 Å². The molecule has 2 fully saturated rings. The molecule has 2 saturated heterocycles. The van der Waals surface area contributed by atoms with Crippen molar-refractivity contribution in [1.82, 2.24) is 4.90 Å². The minimum Gasteiger partial charge on any atom is -0.326 e. The van der Waals surface area contributed by atoms with Crippen molar-refractivity contribution in [3.8, 4) is 0 Å². The largest absolute Gasteiger partial charge is 0.326 e. The van der Waals surface area contributed by atoms with Crippen molar-refractivity contribution in [3.63, 3.8) is 0 Å². The number of carbonyl (C=O) groups excluding carboxylic acids is 3. The van der Waals surface area contributed by atoms with Crippen molar-refractivity contribution in [2.75, 3.05) is 5.32 Å². The van der Waals surface area contributed by atoms with Gasteiger partial charge in [-0.05, 0) is 30.7 Å². The van der Waals surface area contributed by atoms with Crippen molar-refractivity contribution in [3.05, 3.63) is 65.5 Å². The van der Waals surface area contributed by atoms with Gasteiger partial charge in [0.25, 0.3) is 5.91 Å². The first-order valence-corrected chi connectivity index (χ1v) is 9.30. The van der Waals surface area contributed by atoms with Crippen LogP contribution in [-0.4, -0.2) is 28.7 Å². The normalized spacial score (nSPS) is 30.7. The van der Waals surface area contributed by atoms with E-state index in [0.717, 1.165) is 5.56 Å². The summed E-state index contributed by atoms with van der Waals surface area (Å²) in [6.07, 6.45) is 0. The van der Waals surface area contributed by atoms with Crippen LogP contribution in [0.25, 0.3) is 0 Å². The minimum atomic E-state index is -1.12. The van der Waals surface area contributed by atoms with Gasteiger partial charge in [-0.3, -0.25) is 19.3 Å². The third kappa shape index (κ3) is 2.08. The summed E-state index contributed by atoms with van der Waals surface area (Å²) in [5.41, 5.74) is 0.994. The smallest absolute Gasteiger partial charge is 0.291 e. The highest BCUT2D eigenvalue weighted by Crippen LogP contribution is 2.48. The Morgan fingerprint density at radius 3 is 2.54 bits per heavy atom. The SMILES string of the molecule is C[C@@H]1[NH2+][C@]2(C(=O)Nc3ccccc32)[C@@H]2C(=O)N(Cc3ccc(F)cc3)C(=O)[C@H]12. The molecule has 7 heteroatoms. The number of nitrogens with zero attached hydrogens (tertiary/aromatic N) is 1. The van der Waals surface area contributed by atoms with Crippen LogP contribution in [0.3, 0.4) is 0 Å². The summed E-state index contributed by atoms with van der Waals surface area (Å²) < 4.78 is 13.2. The minimum absolute atomic E-state index is 0.0804. The maximum absolute atomic E-state index is 13.4. The average molecular weight is 380 g/mol. The molecule has 142 valence electrons. The fourth-order valence-electron chi connectivity index (χ4n) is 5.08. The van der Waals surface area contributed by atoms with Crippen LogP contribution in [0, 0.1) is 17.7 Å². The van der Waals surface area contributed by atoms with Gasteiger partial charge >= 0.3 is 0 Å². The van der Waals surface area contributed by atoms with E-state index >= 15 is 0 Å². The summed E-state index contributed by atoms with van der Waals surface area (Å²) in [5.74, 6) is -2.55. The molecule has 0 aliphatic carbocycles. The van der Waals surface area contributed by atoms with Crippen LogP contribution in [0.5, 0.6) is 0 Å². The maximum atomic E-state index is 13.4. The molecule has 5 rings (SSSR count). The van der Waals surface area contributed by atoms with Crippen molar-refractivity contribution in [2.45, 2.75) is 25.0 Å². The first-order chi connectivity index (χ1) is 13.4. The van der Waals surface area contributed by atoms with Crippen LogP contribution in [0.2, 0.25) is 0 Å². The molecular weight excluding hydrogens is 361 g/mol. The molecule has 0 aromatic heterocycles. The van der Waals surface area contributed by atoms with Gasteiger partial charge < -0.3 is 10.6 Å². The lowest BCUT2D eigenvalue weighted by Crippen LogP contribution is -2.98. The average Bonchev–Trinajstić information content (AvgIpc) is 3.23. The lowest BCUT2D eigenvalue weighted by atomic mass is 9.76. The van der Waals surface area contributed by atoms with Crippen LogP contribution in [0.15, 0.2) is 48.5 Å². The zero-order valence-corrected chi connectivity index (χ0v) is 15.2. The third-order valence-electron chi connectivity index (χ3n) is 6.28. The summed E-state index contributed by atoms with van der Waals surface area (Å²) in [7, 11) is 0. The fourth-order valence-corrected chi connectivity index (χ4v) is 5.08. The van der Waals surface area contributed by atoms with E-state index in [4.69, 9.17) is 0 Å². The second kappa shape index (κ2) is 5.72. The Morgan fingerprint density at radius 1 is 1.07 bits per heavy atom. The van der Waals surface area contributed by atoms with Crippen molar-refractivity contribution < 1.29 is 24.1 Å². The van der Waals surface area contributed by atoms with Crippen molar-refractivity contribution in [2.24, 2.45) is 11.8 Å². The van der Waals surface area contributed by atoms with E-state index in [1.807, 2.05) is 36.5 Å². The highest BCUT2D eigenvalue weighted by Gasteiger charge is 2.73. The molecule has 2 aromatic rings. The number of likely N-dealkylation sites (tertiary alicyclic amines) is 1. The number of nitrogens with one attached hydrogen (secondary N) is 1. The molecular formula is C21H19FN3O3+. The van der Waals surface area contributed by atoms with Gasteiger partial charge in [-0.2, -0.15) is 0 Å². The highest BCUT2D eigenvalue weighted by atomic mass is 19.1. The highest BCUT2D eigenvalue weighted by molar-refractivity contribution is 6.13. The van der Waals surface area contributed by atoms with E-state index in [9.17, 15) is 18.8 Å². The van der Waals surface area contributed by atoms with Gasteiger partial charge in [0.1, 0.15) is 17.7 Å². The van der Waals surface area contributed by atoms with Crippen LogP contribution in [0.1, 0.15) is 18.1 Å². The molecule has 0 saturated carbocycles. The molecule has 0 unspecified atom stereocenters. The number of carbonyl (C=O) groups is 3. The first-order valence-electron chi connectivity index (χ1n) is 9.30. The Balaban J connectivity index is 1.56. The molecule has 0 radical (unpaired) electrons. The van der Waals surface area contributed by atoms with E-state index in [-0.39, 0.29) is 36.1 Å². The summed E-state index contributed by atoms with van der Waals surface area (Å²) in [5, 5.41) is 4.75. The summed E-state index contributed by atoms with van der Waals surface area (Å²) in [6.45, 7) is 1.96. The number of quaternary nitrogens is 1. The van der Waals surface area contributed by atoms with E-state index in [1.54, 1.807) is 12.1 Å². The second-order valence-corrected chi connectivity index (χ2v) is 7.79. The number of benzene rings is 2. The number of anilines is 1. The van der Waals surface area contributed by atoms with Gasteiger partial charge in [0.15, 0.2) is 0 Å².